The monoisotopic (exact) mass is 462 g/mol. The van der Waals surface area contributed by atoms with Crippen LogP contribution in [-0.4, -0.2) is 43.3 Å². The molecule has 9 nitrogen and oxygen atoms in total. The summed E-state index contributed by atoms with van der Waals surface area (Å²) in [6.45, 7) is 2.49. The van der Waals surface area contributed by atoms with Gasteiger partial charge in [0.25, 0.3) is 5.89 Å². The van der Waals surface area contributed by atoms with Gasteiger partial charge in [0.2, 0.25) is 17.5 Å². The third kappa shape index (κ3) is 4.92. The summed E-state index contributed by atoms with van der Waals surface area (Å²) in [5.41, 5.74) is 0.927. The Morgan fingerprint density at radius 2 is 2.12 bits per heavy atom. The van der Waals surface area contributed by atoms with E-state index in [1.54, 1.807) is 12.1 Å². The molecule has 4 heterocycles. The van der Waals surface area contributed by atoms with Crippen LogP contribution in [0.5, 0.6) is 5.75 Å². The molecule has 2 aliphatic rings. The normalized spacial score (nSPS) is 18.6. The Balaban J connectivity index is 1.16. The largest absolute Gasteiger partial charge is 0.491 e. The smallest absolute Gasteiger partial charge is 0.266 e. The van der Waals surface area contributed by atoms with Crippen LogP contribution in [0, 0.1) is 17.2 Å². The summed E-state index contributed by atoms with van der Waals surface area (Å²) >= 11 is 0. The minimum atomic E-state index is -0.134. The van der Waals surface area contributed by atoms with Gasteiger partial charge in [0.1, 0.15) is 18.4 Å². The van der Waals surface area contributed by atoms with Gasteiger partial charge in [-0.25, -0.2) is 0 Å². The van der Waals surface area contributed by atoms with Crippen LogP contribution >= 0.6 is 0 Å². The van der Waals surface area contributed by atoms with E-state index in [-0.39, 0.29) is 29.5 Å². The fraction of sp³-hybridized carbons (Fsp3) is 0.400. The van der Waals surface area contributed by atoms with Gasteiger partial charge in [-0.1, -0.05) is 6.07 Å². The van der Waals surface area contributed by atoms with Gasteiger partial charge < -0.3 is 28.5 Å². The molecule has 34 heavy (non-hydrogen) atoms. The van der Waals surface area contributed by atoms with Gasteiger partial charge in [0.15, 0.2) is 5.76 Å². The summed E-state index contributed by atoms with van der Waals surface area (Å²) < 4.78 is 22.6. The first-order valence-electron chi connectivity index (χ1n) is 11.5. The molecule has 3 aromatic rings. The van der Waals surface area contributed by atoms with E-state index in [0.717, 1.165) is 19.4 Å². The lowest BCUT2D eigenvalue weighted by molar-refractivity contribution is -0.120. The number of oxazole rings is 1. The number of amides is 1. The first kappa shape index (κ1) is 22.0. The van der Waals surface area contributed by atoms with E-state index in [1.165, 1.54) is 6.26 Å². The number of rotatable bonds is 7. The molecule has 176 valence electrons. The molecular weight excluding hydrogens is 436 g/mol. The minimum absolute atomic E-state index is 0.0229. The average molecular weight is 463 g/mol. The molecule has 0 bridgehead atoms. The zero-order valence-electron chi connectivity index (χ0n) is 18.7. The number of anilines is 2. The predicted molar refractivity (Wildman–Crippen MR) is 123 cm³/mol. The zero-order chi connectivity index (χ0) is 23.3. The first-order chi connectivity index (χ1) is 16.7. The van der Waals surface area contributed by atoms with Crippen molar-refractivity contribution in [2.45, 2.75) is 31.8 Å². The molecule has 0 radical (unpaired) electrons. The third-order valence-electron chi connectivity index (χ3n) is 6.16. The second-order valence-corrected chi connectivity index (χ2v) is 8.49. The fourth-order valence-electron chi connectivity index (χ4n) is 4.32. The number of benzene rings is 1. The molecule has 2 saturated heterocycles. The highest BCUT2D eigenvalue weighted by atomic mass is 16.5. The molecule has 1 N–H and O–H groups in total. The van der Waals surface area contributed by atoms with Gasteiger partial charge in [-0.3, -0.25) is 4.79 Å². The van der Waals surface area contributed by atoms with Crippen LogP contribution in [0.4, 0.5) is 11.6 Å². The van der Waals surface area contributed by atoms with Crippen LogP contribution in [0.3, 0.4) is 0 Å². The van der Waals surface area contributed by atoms with E-state index in [0.29, 0.717) is 55.6 Å². The van der Waals surface area contributed by atoms with Crippen LogP contribution in [0.25, 0.3) is 11.7 Å². The molecule has 5 rings (SSSR count). The molecule has 1 amide bonds. The summed E-state index contributed by atoms with van der Waals surface area (Å²) in [6.07, 6.45) is 5.04. The maximum absolute atomic E-state index is 12.9. The van der Waals surface area contributed by atoms with Crippen molar-refractivity contribution in [1.29, 1.82) is 5.26 Å². The van der Waals surface area contributed by atoms with Crippen molar-refractivity contribution < 1.29 is 23.1 Å². The van der Waals surface area contributed by atoms with Gasteiger partial charge in [0.05, 0.1) is 12.4 Å². The highest BCUT2D eigenvalue weighted by molar-refractivity contribution is 5.92. The van der Waals surface area contributed by atoms with E-state index in [1.807, 2.05) is 29.2 Å². The van der Waals surface area contributed by atoms with Crippen LogP contribution in [0.15, 0.2) is 51.5 Å². The number of aromatic nitrogens is 1. The lowest BCUT2D eigenvalue weighted by Gasteiger charge is -2.31. The lowest BCUT2D eigenvalue weighted by atomic mass is 9.96. The summed E-state index contributed by atoms with van der Waals surface area (Å²) in [7, 11) is 0. The number of nitrogens with zero attached hydrogens (tertiary/aromatic N) is 3. The van der Waals surface area contributed by atoms with Crippen molar-refractivity contribution in [2.75, 3.05) is 36.5 Å². The SMILES string of the molecule is N#Cc1nc(-c2ccco2)oc1N1CCC(C(=O)Nc2cccc(OCC3CCCO3)c2)CC1. The molecule has 0 aliphatic carbocycles. The Bertz CT molecular complexity index is 1150. The fourth-order valence-corrected chi connectivity index (χ4v) is 4.32. The predicted octanol–water partition coefficient (Wildman–Crippen LogP) is 4.22. The van der Waals surface area contributed by atoms with E-state index >= 15 is 0 Å². The Labute approximate surface area is 197 Å². The van der Waals surface area contributed by atoms with Crippen molar-refractivity contribution in [2.24, 2.45) is 5.92 Å². The maximum Gasteiger partial charge on any atom is 0.266 e. The average Bonchev–Trinajstić information content (AvgIpc) is 3.64. The minimum Gasteiger partial charge on any atom is -0.491 e. The van der Waals surface area contributed by atoms with Crippen molar-refractivity contribution in [3.05, 3.63) is 48.4 Å². The van der Waals surface area contributed by atoms with Gasteiger partial charge >= 0.3 is 0 Å². The Kier molecular flexibility index (Phi) is 6.49. The van der Waals surface area contributed by atoms with Crippen molar-refractivity contribution in [3.63, 3.8) is 0 Å². The molecule has 0 saturated carbocycles. The Morgan fingerprint density at radius 1 is 1.24 bits per heavy atom. The molecule has 2 aliphatic heterocycles. The number of piperidine rings is 1. The number of carbonyl (C=O) groups excluding carboxylic acids is 1. The highest BCUT2D eigenvalue weighted by Crippen LogP contribution is 2.31. The van der Waals surface area contributed by atoms with Crippen LogP contribution in [0.1, 0.15) is 31.4 Å². The number of hydrogen-bond acceptors (Lipinski definition) is 8. The summed E-state index contributed by atoms with van der Waals surface area (Å²) in [6, 6.07) is 13.0. The quantitative estimate of drug-likeness (QED) is 0.555. The van der Waals surface area contributed by atoms with Gasteiger partial charge in [-0.2, -0.15) is 10.2 Å². The van der Waals surface area contributed by atoms with Crippen molar-refractivity contribution >= 4 is 17.5 Å². The second kappa shape index (κ2) is 10.0. The van der Waals surface area contributed by atoms with Crippen molar-refractivity contribution in [1.82, 2.24) is 4.98 Å². The van der Waals surface area contributed by atoms with Crippen LogP contribution < -0.4 is 15.0 Å². The Morgan fingerprint density at radius 3 is 2.85 bits per heavy atom. The van der Waals surface area contributed by atoms with E-state index < -0.39 is 0 Å². The molecule has 1 aromatic carbocycles. The lowest BCUT2D eigenvalue weighted by Crippen LogP contribution is -2.38. The summed E-state index contributed by atoms with van der Waals surface area (Å²) in [4.78, 5) is 19.1. The van der Waals surface area contributed by atoms with E-state index in [4.69, 9.17) is 18.3 Å². The number of hydrogen-bond donors (Lipinski definition) is 1. The van der Waals surface area contributed by atoms with E-state index in [9.17, 15) is 10.1 Å². The highest BCUT2D eigenvalue weighted by Gasteiger charge is 2.29. The second-order valence-electron chi connectivity index (χ2n) is 8.49. The number of ether oxygens (including phenoxy) is 2. The van der Waals surface area contributed by atoms with Crippen LogP contribution in [0.2, 0.25) is 0 Å². The number of carbonyl (C=O) groups is 1. The van der Waals surface area contributed by atoms with Gasteiger partial charge in [0, 0.05) is 37.4 Å². The third-order valence-corrected chi connectivity index (χ3v) is 6.16. The molecule has 0 spiro atoms. The molecular formula is C25H26N4O5. The van der Waals surface area contributed by atoms with Gasteiger partial charge in [-0.15, -0.1) is 0 Å². The van der Waals surface area contributed by atoms with E-state index in [2.05, 4.69) is 16.4 Å². The standard InChI is InChI=1S/C25H26N4O5/c26-15-21-25(34-24(28-21)22-7-3-13-32-22)29-10-8-17(9-11-29)23(30)27-18-4-1-5-19(14-18)33-16-20-6-2-12-31-20/h1,3-5,7,13-14,17,20H,2,6,8-12,16H2,(H,27,30). The molecule has 9 heteroatoms. The van der Waals surface area contributed by atoms with Gasteiger partial charge in [-0.05, 0) is 49.9 Å². The molecule has 2 aromatic heterocycles. The number of nitriles is 1. The first-order valence-corrected chi connectivity index (χ1v) is 11.5. The topological polar surface area (TPSA) is 114 Å². The molecule has 1 atom stereocenters. The summed E-state index contributed by atoms with van der Waals surface area (Å²) in [5, 5.41) is 12.5. The maximum atomic E-state index is 12.9. The Hall–Kier alpha value is -3.77. The van der Waals surface area contributed by atoms with Crippen LogP contribution in [-0.2, 0) is 9.53 Å². The van der Waals surface area contributed by atoms with Crippen molar-refractivity contribution in [3.8, 4) is 23.5 Å². The number of nitrogens with one attached hydrogen (secondary N) is 1. The number of furan rings is 1. The molecule has 1 unspecified atom stereocenters. The molecule has 2 fully saturated rings. The summed E-state index contributed by atoms with van der Waals surface area (Å²) in [5.74, 6) is 1.72. The zero-order valence-corrected chi connectivity index (χ0v) is 18.7.